The van der Waals surface area contributed by atoms with E-state index in [1.807, 2.05) is 55.1 Å². The molecule has 2 heterocycles. The number of aryl methyl sites for hydroxylation is 2. The Hall–Kier alpha value is -3.39. The second-order valence-corrected chi connectivity index (χ2v) is 8.09. The minimum Gasteiger partial charge on any atom is -0.454 e. The molecule has 1 aliphatic rings. The maximum Gasteiger partial charge on any atom is 0.216 e. The average Bonchev–Trinajstić information content (AvgIpc) is 3.33. The van der Waals surface area contributed by atoms with E-state index in [2.05, 4.69) is 6.07 Å². The molecule has 0 aliphatic heterocycles. The van der Waals surface area contributed by atoms with Crippen molar-refractivity contribution >= 4 is 21.9 Å². The lowest BCUT2D eigenvalue weighted by molar-refractivity contribution is -0.660. The number of pyridine rings is 1. The van der Waals surface area contributed by atoms with Gasteiger partial charge in [-0.2, -0.15) is 0 Å². The third-order valence-corrected chi connectivity index (χ3v) is 6.33. The predicted molar refractivity (Wildman–Crippen MR) is 123 cm³/mol. The van der Waals surface area contributed by atoms with Gasteiger partial charge in [0.15, 0.2) is 6.20 Å². The number of hydrogen-bond acceptors (Lipinski definition) is 1. The fourth-order valence-corrected chi connectivity index (χ4v) is 4.86. The Balaban J connectivity index is 1.79. The quantitative estimate of drug-likeness (QED) is 0.288. The molecular formula is C28H24NO+. The summed E-state index contributed by atoms with van der Waals surface area (Å²) in [6.07, 6.45) is 1.98. The molecule has 0 atom stereocenters. The van der Waals surface area contributed by atoms with Gasteiger partial charge >= 0.3 is 0 Å². The smallest absolute Gasteiger partial charge is 0.216 e. The van der Waals surface area contributed by atoms with Gasteiger partial charge in [0.25, 0.3) is 0 Å². The van der Waals surface area contributed by atoms with Crippen molar-refractivity contribution in [2.24, 2.45) is 7.05 Å². The van der Waals surface area contributed by atoms with Gasteiger partial charge in [-0.1, -0.05) is 62.2 Å². The molecule has 5 aromatic rings. The summed E-state index contributed by atoms with van der Waals surface area (Å²) in [6, 6.07) is 20.4. The zero-order valence-electron chi connectivity index (χ0n) is 22.8. The molecule has 0 N–H and O–H groups in total. The van der Waals surface area contributed by atoms with Gasteiger partial charge in [0, 0.05) is 42.1 Å². The van der Waals surface area contributed by atoms with Crippen molar-refractivity contribution < 1.29 is 17.2 Å². The summed E-state index contributed by atoms with van der Waals surface area (Å²) in [5.74, 6) is 0. The Kier molecular flexibility index (Phi) is 2.39. The Morgan fingerprint density at radius 1 is 0.800 bits per heavy atom. The SMILES string of the molecule is [2H]C([2H])([2H])C1(C([2H])([2H])[2H])c2ccccc2-c2c1ccc1c2oc2c(-c3cccc[n+]3C)c(C)ccc21. The summed E-state index contributed by atoms with van der Waals surface area (Å²) in [4.78, 5) is 0. The highest BCUT2D eigenvalue weighted by molar-refractivity contribution is 6.14. The van der Waals surface area contributed by atoms with Crippen molar-refractivity contribution in [3.05, 3.63) is 89.6 Å². The molecule has 0 spiro atoms. The van der Waals surface area contributed by atoms with E-state index in [0.717, 1.165) is 27.6 Å². The molecule has 2 heteroatoms. The molecule has 0 saturated heterocycles. The van der Waals surface area contributed by atoms with E-state index < -0.39 is 19.1 Å². The molecule has 0 radical (unpaired) electrons. The molecule has 146 valence electrons. The molecule has 6 rings (SSSR count). The van der Waals surface area contributed by atoms with E-state index in [1.165, 1.54) is 0 Å². The van der Waals surface area contributed by atoms with Crippen LogP contribution < -0.4 is 4.57 Å². The third-order valence-electron chi connectivity index (χ3n) is 6.33. The van der Waals surface area contributed by atoms with Crippen LogP contribution in [0.1, 0.15) is 38.6 Å². The molecule has 0 saturated carbocycles. The molecule has 3 aromatic carbocycles. The van der Waals surface area contributed by atoms with Gasteiger partial charge in [-0.05, 0) is 35.2 Å². The van der Waals surface area contributed by atoms with Gasteiger partial charge in [0.2, 0.25) is 5.69 Å². The molecular weight excluding hydrogens is 366 g/mol. The third kappa shape index (κ3) is 2.11. The van der Waals surface area contributed by atoms with E-state index in [9.17, 15) is 0 Å². The van der Waals surface area contributed by atoms with E-state index >= 15 is 0 Å². The molecule has 2 aromatic heterocycles. The molecule has 30 heavy (non-hydrogen) atoms. The second kappa shape index (κ2) is 5.82. The highest BCUT2D eigenvalue weighted by atomic mass is 16.3. The van der Waals surface area contributed by atoms with Crippen molar-refractivity contribution in [2.75, 3.05) is 0 Å². The number of furan rings is 1. The minimum atomic E-state index is -2.81. The first-order valence-corrected chi connectivity index (χ1v) is 10.0. The van der Waals surface area contributed by atoms with E-state index in [0.29, 0.717) is 27.9 Å². The molecule has 0 unspecified atom stereocenters. The second-order valence-electron chi connectivity index (χ2n) is 8.09. The highest BCUT2D eigenvalue weighted by Crippen LogP contribution is 2.52. The Morgan fingerprint density at radius 2 is 1.53 bits per heavy atom. The fourth-order valence-electron chi connectivity index (χ4n) is 4.86. The van der Waals surface area contributed by atoms with Crippen LogP contribution in [0.4, 0.5) is 0 Å². The van der Waals surface area contributed by atoms with Crippen LogP contribution in [0, 0.1) is 6.92 Å². The first-order chi connectivity index (χ1) is 17.0. The standard InChI is InChI=1S/C28H24NO/c1-17-12-13-18-19-14-15-22-25(20-9-5-6-10-21(20)28(22,2)3)27(19)30-26(18)24(17)23-11-7-8-16-29(23)4/h5-16H,1-4H3/q+1/i2D3,3D3. The summed E-state index contributed by atoms with van der Waals surface area (Å²) < 4.78 is 59.3. The maximum atomic E-state index is 8.45. The van der Waals surface area contributed by atoms with Gasteiger partial charge in [-0.3, -0.25) is 0 Å². The van der Waals surface area contributed by atoms with Crippen LogP contribution in [-0.2, 0) is 12.5 Å². The minimum absolute atomic E-state index is 0.263. The summed E-state index contributed by atoms with van der Waals surface area (Å²) in [5, 5.41) is 1.72. The molecule has 0 amide bonds. The molecule has 2 nitrogen and oxygen atoms in total. The monoisotopic (exact) mass is 396 g/mol. The van der Waals surface area contributed by atoms with Crippen LogP contribution >= 0.6 is 0 Å². The topological polar surface area (TPSA) is 17.0 Å². The maximum absolute atomic E-state index is 8.45. The highest BCUT2D eigenvalue weighted by Gasteiger charge is 2.37. The van der Waals surface area contributed by atoms with Crippen molar-refractivity contribution in [3.63, 3.8) is 0 Å². The van der Waals surface area contributed by atoms with Gasteiger partial charge in [0.05, 0.1) is 5.56 Å². The zero-order chi connectivity index (χ0) is 25.6. The van der Waals surface area contributed by atoms with E-state index in [-0.39, 0.29) is 5.56 Å². The van der Waals surface area contributed by atoms with Crippen molar-refractivity contribution in [2.45, 2.75) is 26.0 Å². The number of benzene rings is 3. The van der Waals surface area contributed by atoms with Gasteiger partial charge in [-0.15, -0.1) is 0 Å². The largest absolute Gasteiger partial charge is 0.454 e. The molecule has 0 fully saturated rings. The van der Waals surface area contributed by atoms with Gasteiger partial charge in [0.1, 0.15) is 18.2 Å². The lowest BCUT2D eigenvalue weighted by atomic mass is 9.82. The van der Waals surface area contributed by atoms with Crippen LogP contribution in [0.25, 0.3) is 44.3 Å². The van der Waals surface area contributed by atoms with Crippen LogP contribution in [0.5, 0.6) is 0 Å². The Morgan fingerprint density at radius 3 is 2.33 bits per heavy atom. The summed E-state index contributed by atoms with van der Waals surface area (Å²) in [7, 11) is 1.98. The number of hydrogen-bond donors (Lipinski definition) is 0. The summed E-state index contributed by atoms with van der Waals surface area (Å²) in [5.41, 5.74) is 3.72. The lowest BCUT2D eigenvalue weighted by Gasteiger charge is -2.21. The van der Waals surface area contributed by atoms with Crippen LogP contribution in [0.2, 0.25) is 0 Å². The molecule has 0 bridgehead atoms. The van der Waals surface area contributed by atoms with Crippen LogP contribution in [0.15, 0.2) is 77.3 Å². The number of fused-ring (bicyclic) bond motifs is 7. The van der Waals surface area contributed by atoms with Crippen molar-refractivity contribution in [1.29, 1.82) is 0 Å². The first kappa shape index (κ1) is 12.3. The normalized spacial score (nSPS) is 18.1. The van der Waals surface area contributed by atoms with Gasteiger partial charge < -0.3 is 4.42 Å². The summed E-state index contributed by atoms with van der Waals surface area (Å²) >= 11 is 0. The van der Waals surface area contributed by atoms with E-state index in [1.54, 1.807) is 30.3 Å². The Labute approximate surface area is 184 Å². The fraction of sp³-hybridized carbons (Fsp3) is 0.179. The van der Waals surface area contributed by atoms with Crippen LogP contribution in [0.3, 0.4) is 0 Å². The van der Waals surface area contributed by atoms with Crippen molar-refractivity contribution in [3.8, 4) is 22.4 Å². The number of aromatic nitrogens is 1. The Bertz CT molecular complexity index is 1680. The summed E-state index contributed by atoms with van der Waals surface area (Å²) in [6.45, 7) is -3.58. The van der Waals surface area contributed by atoms with Crippen molar-refractivity contribution in [1.82, 2.24) is 0 Å². The first-order valence-electron chi connectivity index (χ1n) is 13.0. The van der Waals surface area contributed by atoms with Crippen LogP contribution in [-0.4, -0.2) is 0 Å². The number of rotatable bonds is 1. The predicted octanol–water partition coefficient (Wildman–Crippen LogP) is 6.69. The van der Waals surface area contributed by atoms with E-state index in [4.69, 9.17) is 12.6 Å². The number of nitrogens with zero attached hydrogens (tertiary/aromatic N) is 1. The van der Waals surface area contributed by atoms with Gasteiger partial charge in [-0.25, -0.2) is 4.57 Å². The lowest BCUT2D eigenvalue weighted by Crippen LogP contribution is -2.30. The molecule has 1 aliphatic carbocycles. The zero-order valence-corrected chi connectivity index (χ0v) is 16.8. The average molecular weight is 397 g/mol.